The van der Waals surface area contributed by atoms with Crippen molar-refractivity contribution in [3.8, 4) is 0 Å². The van der Waals surface area contributed by atoms with Crippen molar-refractivity contribution >= 4 is 45.6 Å². The molecule has 38 heavy (non-hydrogen) atoms. The Labute approximate surface area is 220 Å². The number of carbonyl (C=O) groups excluding carboxylic acids is 1. The fourth-order valence-electron chi connectivity index (χ4n) is 5.44. The molecule has 2 aliphatic rings. The van der Waals surface area contributed by atoms with Gasteiger partial charge in [-0.25, -0.2) is 4.98 Å². The molecule has 10 heteroatoms. The number of para-hydroxylation sites is 1. The minimum absolute atomic E-state index is 0.156. The normalized spacial score (nSPS) is 15.3. The largest absolute Gasteiger partial charge is 0.347 e. The molecule has 10 nitrogen and oxygen atoms in total. The van der Waals surface area contributed by atoms with Crippen molar-refractivity contribution in [2.24, 2.45) is 7.05 Å². The van der Waals surface area contributed by atoms with Crippen molar-refractivity contribution in [2.75, 3.05) is 41.8 Å². The van der Waals surface area contributed by atoms with Gasteiger partial charge in [-0.3, -0.25) is 19.1 Å². The van der Waals surface area contributed by atoms with Crippen molar-refractivity contribution in [3.63, 3.8) is 0 Å². The van der Waals surface area contributed by atoms with Crippen LogP contribution in [0.1, 0.15) is 11.3 Å². The summed E-state index contributed by atoms with van der Waals surface area (Å²) in [5.41, 5.74) is 5.63. The molecule has 0 spiro atoms. The number of fused-ring (bicyclic) bond motifs is 3. The summed E-state index contributed by atoms with van der Waals surface area (Å²) < 4.78 is 3.81. The summed E-state index contributed by atoms with van der Waals surface area (Å²) in [6.07, 6.45) is 5.14. The average molecular weight is 511 g/mol. The first kappa shape index (κ1) is 23.9. The molecule has 0 atom stereocenters. The minimum Gasteiger partial charge on any atom is -0.347 e. The number of nitrogens with zero attached hydrogens (tertiary/aromatic N) is 7. The highest BCUT2D eigenvalue weighted by atomic mass is 16.2. The minimum atomic E-state index is -0.166. The third kappa shape index (κ3) is 3.93. The fourth-order valence-corrected chi connectivity index (χ4v) is 5.44. The van der Waals surface area contributed by atoms with Crippen LogP contribution in [0.3, 0.4) is 0 Å². The van der Waals surface area contributed by atoms with Crippen LogP contribution in [0, 0.1) is 6.92 Å². The van der Waals surface area contributed by atoms with Gasteiger partial charge in [-0.05, 0) is 43.8 Å². The summed E-state index contributed by atoms with van der Waals surface area (Å²) in [5.74, 6) is 0.283. The quantitative estimate of drug-likeness (QED) is 0.421. The number of likely N-dealkylation sites (N-methyl/N-ethyl adjacent to an activating group) is 1. The maximum atomic E-state index is 13.6. The Morgan fingerprint density at radius 2 is 1.95 bits per heavy atom. The summed E-state index contributed by atoms with van der Waals surface area (Å²) >= 11 is 0. The molecule has 3 aromatic heterocycles. The summed E-state index contributed by atoms with van der Waals surface area (Å²) in [6.45, 7) is 9.40. The first-order valence-corrected chi connectivity index (χ1v) is 12.7. The molecule has 1 amide bonds. The molecule has 0 aliphatic carbocycles. The van der Waals surface area contributed by atoms with Crippen LogP contribution >= 0.6 is 0 Å². The van der Waals surface area contributed by atoms with Crippen LogP contribution in [0.4, 0.5) is 28.7 Å². The van der Waals surface area contributed by atoms with Crippen molar-refractivity contribution in [1.82, 2.24) is 24.0 Å². The monoisotopic (exact) mass is 510 g/mol. The van der Waals surface area contributed by atoms with E-state index in [1.54, 1.807) is 22.7 Å². The van der Waals surface area contributed by atoms with E-state index in [0.29, 0.717) is 30.4 Å². The number of aryl methyl sites for hydroxylation is 2. The topological polar surface area (TPSA) is 91.5 Å². The van der Waals surface area contributed by atoms with E-state index < -0.39 is 0 Å². The van der Waals surface area contributed by atoms with E-state index in [1.165, 1.54) is 11.8 Å². The van der Waals surface area contributed by atoms with Gasteiger partial charge < -0.3 is 19.7 Å². The van der Waals surface area contributed by atoms with Crippen LogP contribution in [-0.4, -0.2) is 56.6 Å². The SMILES string of the molecule is C=CC(=O)N1CCN(c2cc3cnc(Nc4cc5n(c4)CCN(C)C5)nc3n(C)c2=O)c2cccc(C)c21. The Kier molecular flexibility index (Phi) is 5.76. The van der Waals surface area contributed by atoms with Crippen LogP contribution in [0.5, 0.6) is 0 Å². The van der Waals surface area contributed by atoms with Gasteiger partial charge in [0, 0.05) is 63.2 Å². The molecule has 0 bridgehead atoms. The Bertz CT molecular complexity index is 1650. The summed E-state index contributed by atoms with van der Waals surface area (Å²) in [4.78, 5) is 41.4. The first-order valence-electron chi connectivity index (χ1n) is 12.7. The number of carbonyl (C=O) groups is 1. The number of benzene rings is 1. The van der Waals surface area contributed by atoms with E-state index in [2.05, 4.69) is 50.6 Å². The average Bonchev–Trinajstić information content (AvgIpc) is 3.31. The molecule has 1 N–H and O–H groups in total. The number of aromatic nitrogens is 4. The van der Waals surface area contributed by atoms with Crippen LogP contribution < -0.4 is 20.7 Å². The van der Waals surface area contributed by atoms with Crippen LogP contribution in [-0.2, 0) is 24.9 Å². The lowest BCUT2D eigenvalue weighted by Gasteiger charge is -2.38. The standard InChI is InChI=1S/C28H30N8O2/c1-5-24(37)36-12-11-35(22-8-6-7-18(2)25(22)36)23-13-19-15-29-28(31-26(19)33(4)27(23)38)30-20-14-21-17-32(3)9-10-34(21)16-20/h5-8,13-16H,1,9-12,17H2,2-4H3,(H,29,30,31). The smallest absolute Gasteiger partial charge is 0.275 e. The zero-order chi connectivity index (χ0) is 26.6. The van der Waals surface area contributed by atoms with Crippen LogP contribution in [0.2, 0.25) is 0 Å². The van der Waals surface area contributed by atoms with E-state index in [-0.39, 0.29) is 11.5 Å². The molecular formula is C28H30N8O2. The van der Waals surface area contributed by atoms with E-state index in [1.807, 2.05) is 36.1 Å². The third-order valence-corrected chi connectivity index (χ3v) is 7.38. The maximum Gasteiger partial charge on any atom is 0.275 e. The Balaban J connectivity index is 1.36. The van der Waals surface area contributed by atoms with E-state index in [9.17, 15) is 9.59 Å². The lowest BCUT2D eigenvalue weighted by atomic mass is 10.1. The highest BCUT2D eigenvalue weighted by Crippen LogP contribution is 2.39. The van der Waals surface area contributed by atoms with Gasteiger partial charge in [-0.15, -0.1) is 0 Å². The van der Waals surface area contributed by atoms with Crippen molar-refractivity contribution < 1.29 is 4.79 Å². The second kappa shape index (κ2) is 9.14. The highest BCUT2D eigenvalue weighted by molar-refractivity contribution is 6.05. The van der Waals surface area contributed by atoms with Gasteiger partial charge in [0.05, 0.1) is 17.1 Å². The van der Waals surface area contributed by atoms with Gasteiger partial charge in [0.1, 0.15) is 11.3 Å². The molecule has 194 valence electrons. The number of hydrogen-bond donors (Lipinski definition) is 1. The van der Waals surface area contributed by atoms with Crippen molar-refractivity contribution in [2.45, 2.75) is 20.0 Å². The molecule has 0 fully saturated rings. The van der Waals surface area contributed by atoms with Crippen LogP contribution in [0.15, 0.2) is 60.2 Å². The molecule has 4 aromatic rings. The number of rotatable bonds is 4. The molecule has 2 aliphatic heterocycles. The van der Waals surface area contributed by atoms with Crippen molar-refractivity contribution in [3.05, 3.63) is 77.0 Å². The molecular weight excluding hydrogens is 480 g/mol. The van der Waals surface area contributed by atoms with Gasteiger partial charge in [0.15, 0.2) is 0 Å². The first-order chi connectivity index (χ1) is 18.3. The van der Waals surface area contributed by atoms with E-state index >= 15 is 0 Å². The summed E-state index contributed by atoms with van der Waals surface area (Å²) in [5, 5.41) is 4.05. The molecule has 0 radical (unpaired) electrons. The van der Waals surface area contributed by atoms with E-state index in [0.717, 1.165) is 47.6 Å². The Morgan fingerprint density at radius 1 is 1.11 bits per heavy atom. The molecule has 5 heterocycles. The number of nitrogens with one attached hydrogen (secondary N) is 1. The summed E-state index contributed by atoms with van der Waals surface area (Å²) in [6, 6.07) is 9.79. The van der Waals surface area contributed by atoms with Gasteiger partial charge >= 0.3 is 0 Å². The Morgan fingerprint density at radius 3 is 2.76 bits per heavy atom. The summed E-state index contributed by atoms with van der Waals surface area (Å²) in [7, 11) is 3.85. The molecule has 0 saturated carbocycles. The third-order valence-electron chi connectivity index (χ3n) is 7.38. The fraction of sp³-hybridized carbons (Fsp3) is 0.286. The second-order valence-corrected chi connectivity index (χ2v) is 9.93. The number of pyridine rings is 1. The lowest BCUT2D eigenvalue weighted by molar-refractivity contribution is -0.114. The molecule has 1 aromatic carbocycles. The van der Waals surface area contributed by atoms with Gasteiger partial charge in [-0.2, -0.15) is 4.98 Å². The number of anilines is 5. The van der Waals surface area contributed by atoms with Gasteiger partial charge in [0.2, 0.25) is 5.95 Å². The highest BCUT2D eigenvalue weighted by Gasteiger charge is 2.29. The number of amides is 1. The van der Waals surface area contributed by atoms with Crippen LogP contribution in [0.25, 0.3) is 11.0 Å². The van der Waals surface area contributed by atoms with Crippen molar-refractivity contribution in [1.29, 1.82) is 0 Å². The lowest BCUT2D eigenvalue weighted by Crippen LogP contribution is -2.43. The Hall–Kier alpha value is -4.44. The zero-order valence-corrected chi connectivity index (χ0v) is 21.8. The predicted molar refractivity (Wildman–Crippen MR) is 150 cm³/mol. The molecule has 0 unspecified atom stereocenters. The predicted octanol–water partition coefficient (Wildman–Crippen LogP) is 3.30. The zero-order valence-electron chi connectivity index (χ0n) is 21.8. The van der Waals surface area contributed by atoms with Gasteiger partial charge in [-0.1, -0.05) is 18.7 Å². The second-order valence-electron chi connectivity index (χ2n) is 9.93. The number of hydrogen-bond acceptors (Lipinski definition) is 7. The van der Waals surface area contributed by atoms with E-state index in [4.69, 9.17) is 0 Å². The molecule has 0 saturated heterocycles. The maximum absolute atomic E-state index is 13.6. The molecule has 6 rings (SSSR count). The van der Waals surface area contributed by atoms with Gasteiger partial charge in [0.25, 0.3) is 11.5 Å².